The number of anilines is 1. The summed E-state index contributed by atoms with van der Waals surface area (Å²) >= 11 is 0. The Morgan fingerprint density at radius 1 is 0.968 bits per heavy atom. The molecule has 2 aromatic carbocycles. The fourth-order valence-electron chi connectivity index (χ4n) is 3.65. The average Bonchev–Trinajstić information content (AvgIpc) is 2.80. The van der Waals surface area contributed by atoms with E-state index in [0.29, 0.717) is 18.9 Å². The highest BCUT2D eigenvalue weighted by molar-refractivity contribution is 5.49. The summed E-state index contributed by atoms with van der Waals surface area (Å²) in [7, 11) is 1.68. The highest BCUT2D eigenvalue weighted by Crippen LogP contribution is 2.21. The minimum absolute atomic E-state index is 0.148. The lowest BCUT2D eigenvalue weighted by Gasteiger charge is -2.35. The van der Waals surface area contributed by atoms with Gasteiger partial charge in [-0.2, -0.15) is 0 Å². The zero-order chi connectivity index (χ0) is 21.6. The second kappa shape index (κ2) is 9.71. The largest absolute Gasteiger partial charge is 0.497 e. The molecule has 1 aliphatic heterocycles. The van der Waals surface area contributed by atoms with Crippen molar-refractivity contribution in [2.45, 2.75) is 20.1 Å². The number of rotatable bonds is 7. The molecule has 6 heteroatoms. The monoisotopic (exact) mass is 420 g/mol. The Hall–Kier alpha value is -3.25. The number of ether oxygens (including phenoxy) is 2. The number of piperazine rings is 1. The lowest BCUT2D eigenvalue weighted by Crippen LogP contribution is -2.46. The molecule has 0 amide bonds. The van der Waals surface area contributed by atoms with Gasteiger partial charge in [-0.25, -0.2) is 0 Å². The van der Waals surface area contributed by atoms with Gasteiger partial charge in [0.15, 0.2) is 0 Å². The topological polar surface area (TPSA) is 55.2 Å². The molecule has 1 saturated heterocycles. The Morgan fingerprint density at radius 3 is 2.32 bits per heavy atom. The van der Waals surface area contributed by atoms with Gasteiger partial charge in [-0.3, -0.25) is 9.69 Å². The van der Waals surface area contributed by atoms with E-state index in [1.165, 1.54) is 17.5 Å². The van der Waals surface area contributed by atoms with Crippen LogP contribution in [0.15, 0.2) is 70.1 Å². The lowest BCUT2D eigenvalue weighted by atomic mass is 10.2. The molecule has 1 fully saturated rings. The van der Waals surface area contributed by atoms with Crippen molar-refractivity contribution in [2.75, 3.05) is 38.2 Å². The van der Waals surface area contributed by atoms with Crippen molar-refractivity contribution < 1.29 is 13.9 Å². The Labute approximate surface area is 182 Å². The second-order valence-corrected chi connectivity index (χ2v) is 7.81. The third-order valence-electron chi connectivity index (χ3n) is 5.56. The molecular formula is C25H28N2O4. The smallest absolute Gasteiger partial charge is 0.227 e. The van der Waals surface area contributed by atoms with Crippen LogP contribution in [0.3, 0.4) is 0 Å². The molecule has 0 spiro atoms. The zero-order valence-corrected chi connectivity index (χ0v) is 18.0. The van der Waals surface area contributed by atoms with E-state index in [0.717, 1.165) is 37.5 Å². The summed E-state index contributed by atoms with van der Waals surface area (Å²) in [6, 6.07) is 17.7. The van der Waals surface area contributed by atoms with Gasteiger partial charge >= 0.3 is 0 Å². The number of hydrogen-bond acceptors (Lipinski definition) is 6. The maximum Gasteiger partial charge on any atom is 0.227 e. The standard InChI is InChI=1S/C25H28N2O4/c1-19-3-5-20(6-4-19)17-31-25-18-30-23(15-24(25)28)16-26-11-13-27(14-12-26)21-7-9-22(29-2)10-8-21/h3-10,15,18H,11-14,16-17H2,1-2H3. The predicted molar refractivity (Wildman–Crippen MR) is 121 cm³/mol. The summed E-state index contributed by atoms with van der Waals surface area (Å²) < 4.78 is 16.6. The lowest BCUT2D eigenvalue weighted by molar-refractivity contribution is 0.224. The van der Waals surface area contributed by atoms with Gasteiger partial charge in [-0.05, 0) is 36.8 Å². The quantitative estimate of drug-likeness (QED) is 0.579. The highest BCUT2D eigenvalue weighted by atomic mass is 16.5. The van der Waals surface area contributed by atoms with E-state index in [1.807, 2.05) is 43.3 Å². The molecule has 3 aromatic rings. The Kier molecular flexibility index (Phi) is 6.57. The van der Waals surface area contributed by atoms with E-state index in [1.54, 1.807) is 13.2 Å². The first kappa shape index (κ1) is 21.0. The summed E-state index contributed by atoms with van der Waals surface area (Å²) in [6.07, 6.45) is 1.43. The Morgan fingerprint density at radius 2 is 1.68 bits per heavy atom. The zero-order valence-electron chi connectivity index (χ0n) is 18.0. The van der Waals surface area contributed by atoms with Crippen LogP contribution in [-0.2, 0) is 13.2 Å². The molecule has 0 unspecified atom stereocenters. The molecule has 0 aliphatic carbocycles. The van der Waals surface area contributed by atoms with Crippen LogP contribution in [0.1, 0.15) is 16.9 Å². The van der Waals surface area contributed by atoms with Crippen LogP contribution >= 0.6 is 0 Å². The van der Waals surface area contributed by atoms with E-state index >= 15 is 0 Å². The van der Waals surface area contributed by atoms with Gasteiger partial charge in [-0.15, -0.1) is 0 Å². The third kappa shape index (κ3) is 5.47. The van der Waals surface area contributed by atoms with Gasteiger partial charge in [0.2, 0.25) is 11.2 Å². The fourth-order valence-corrected chi connectivity index (χ4v) is 3.65. The highest BCUT2D eigenvalue weighted by Gasteiger charge is 2.18. The summed E-state index contributed by atoms with van der Waals surface area (Å²) in [5.41, 5.74) is 3.26. The maximum atomic E-state index is 12.4. The first-order chi connectivity index (χ1) is 15.1. The van der Waals surface area contributed by atoms with Gasteiger partial charge < -0.3 is 18.8 Å². The predicted octanol–water partition coefficient (Wildman–Crippen LogP) is 3.86. The molecule has 1 aliphatic rings. The molecule has 0 bridgehead atoms. The van der Waals surface area contributed by atoms with Gasteiger partial charge in [0, 0.05) is 37.9 Å². The van der Waals surface area contributed by atoms with Crippen LogP contribution in [0.2, 0.25) is 0 Å². The molecule has 31 heavy (non-hydrogen) atoms. The van der Waals surface area contributed by atoms with Crippen LogP contribution in [0.5, 0.6) is 11.5 Å². The third-order valence-corrected chi connectivity index (χ3v) is 5.56. The Balaban J connectivity index is 1.29. The van der Waals surface area contributed by atoms with Crippen molar-refractivity contribution in [2.24, 2.45) is 0 Å². The minimum Gasteiger partial charge on any atom is -0.497 e. The van der Waals surface area contributed by atoms with Crippen LogP contribution in [0.25, 0.3) is 0 Å². The van der Waals surface area contributed by atoms with Gasteiger partial charge in [0.1, 0.15) is 24.4 Å². The van der Waals surface area contributed by atoms with Crippen molar-refractivity contribution >= 4 is 5.69 Å². The van der Waals surface area contributed by atoms with Crippen molar-refractivity contribution in [3.8, 4) is 11.5 Å². The average molecular weight is 421 g/mol. The molecule has 0 N–H and O–H groups in total. The van der Waals surface area contributed by atoms with E-state index in [-0.39, 0.29) is 11.2 Å². The molecule has 0 atom stereocenters. The van der Waals surface area contributed by atoms with E-state index in [9.17, 15) is 4.79 Å². The number of benzene rings is 2. The SMILES string of the molecule is COc1ccc(N2CCN(Cc3cc(=O)c(OCc4ccc(C)cc4)co3)CC2)cc1. The molecule has 6 nitrogen and oxygen atoms in total. The first-order valence-corrected chi connectivity index (χ1v) is 10.5. The van der Waals surface area contributed by atoms with Crippen molar-refractivity contribution in [1.29, 1.82) is 0 Å². The van der Waals surface area contributed by atoms with Crippen molar-refractivity contribution in [3.05, 3.63) is 88.0 Å². The molecule has 2 heterocycles. The first-order valence-electron chi connectivity index (χ1n) is 10.5. The van der Waals surface area contributed by atoms with Crippen LogP contribution < -0.4 is 19.8 Å². The number of methoxy groups -OCH3 is 1. The van der Waals surface area contributed by atoms with Crippen LogP contribution in [0.4, 0.5) is 5.69 Å². The minimum atomic E-state index is -0.148. The molecule has 0 radical (unpaired) electrons. The normalized spacial score (nSPS) is 14.5. The summed E-state index contributed by atoms with van der Waals surface area (Å²) in [5.74, 6) is 1.77. The molecule has 1 aromatic heterocycles. The fraction of sp³-hybridized carbons (Fsp3) is 0.320. The number of nitrogens with zero attached hydrogens (tertiary/aromatic N) is 2. The van der Waals surface area contributed by atoms with E-state index in [4.69, 9.17) is 13.9 Å². The molecule has 4 rings (SSSR count). The molecule has 0 saturated carbocycles. The number of hydrogen-bond donors (Lipinski definition) is 0. The summed E-state index contributed by atoms with van der Waals surface area (Å²) in [5, 5.41) is 0. The van der Waals surface area contributed by atoms with Crippen LogP contribution in [-0.4, -0.2) is 38.2 Å². The van der Waals surface area contributed by atoms with Gasteiger partial charge in [0.25, 0.3) is 0 Å². The maximum absolute atomic E-state index is 12.4. The molecular weight excluding hydrogens is 392 g/mol. The van der Waals surface area contributed by atoms with Crippen molar-refractivity contribution in [3.63, 3.8) is 0 Å². The van der Waals surface area contributed by atoms with Crippen LogP contribution in [0, 0.1) is 6.92 Å². The molecule has 162 valence electrons. The number of aryl methyl sites for hydroxylation is 1. The Bertz CT molecular complexity index is 1040. The van der Waals surface area contributed by atoms with E-state index in [2.05, 4.69) is 21.9 Å². The van der Waals surface area contributed by atoms with Gasteiger partial charge in [0.05, 0.1) is 13.7 Å². The van der Waals surface area contributed by atoms with Gasteiger partial charge in [-0.1, -0.05) is 29.8 Å². The summed E-state index contributed by atoms with van der Waals surface area (Å²) in [4.78, 5) is 17.1. The van der Waals surface area contributed by atoms with Crippen molar-refractivity contribution in [1.82, 2.24) is 4.90 Å². The second-order valence-electron chi connectivity index (χ2n) is 7.81. The van der Waals surface area contributed by atoms with E-state index < -0.39 is 0 Å². The summed E-state index contributed by atoms with van der Waals surface area (Å²) in [6.45, 7) is 6.66.